The van der Waals surface area contributed by atoms with Crippen LogP contribution in [-0.2, 0) is 11.3 Å². The Morgan fingerprint density at radius 2 is 1.86 bits per heavy atom. The summed E-state index contributed by atoms with van der Waals surface area (Å²) >= 11 is 0. The van der Waals surface area contributed by atoms with E-state index in [-0.39, 0.29) is 23.7 Å². The van der Waals surface area contributed by atoms with Crippen LogP contribution in [0.4, 0.5) is 4.39 Å². The molecule has 1 saturated heterocycles. The van der Waals surface area contributed by atoms with Gasteiger partial charge in [0.25, 0.3) is 0 Å². The standard InChI is InChI=1S/C23H29FN2O2/c1-17-7-3-6-10-22(17)28-16-18(2)25-23(27)19-11-13-26(14-12-19)15-20-8-4-5-9-21(20)24/h3-10,18-19H,11-16H2,1-2H3,(H,25,27). The van der Waals surface area contributed by atoms with Crippen LogP contribution < -0.4 is 10.1 Å². The number of rotatable bonds is 7. The number of hydrogen-bond donors (Lipinski definition) is 1. The van der Waals surface area contributed by atoms with E-state index < -0.39 is 0 Å². The summed E-state index contributed by atoms with van der Waals surface area (Å²) in [7, 11) is 0. The van der Waals surface area contributed by atoms with E-state index in [4.69, 9.17) is 4.74 Å². The maximum Gasteiger partial charge on any atom is 0.223 e. The Kier molecular flexibility index (Phi) is 7.04. The third kappa shape index (κ3) is 5.55. The molecule has 1 heterocycles. The Morgan fingerprint density at radius 1 is 1.18 bits per heavy atom. The van der Waals surface area contributed by atoms with E-state index in [2.05, 4.69) is 10.2 Å². The first-order valence-corrected chi connectivity index (χ1v) is 9.97. The van der Waals surface area contributed by atoms with E-state index in [9.17, 15) is 9.18 Å². The van der Waals surface area contributed by atoms with Crippen molar-refractivity contribution in [3.8, 4) is 5.75 Å². The lowest BCUT2D eigenvalue weighted by Crippen LogP contribution is -2.44. The second kappa shape index (κ2) is 9.69. The van der Waals surface area contributed by atoms with Crippen molar-refractivity contribution in [1.29, 1.82) is 0 Å². The van der Waals surface area contributed by atoms with Crippen molar-refractivity contribution in [2.75, 3.05) is 19.7 Å². The first kappa shape index (κ1) is 20.3. The third-order valence-electron chi connectivity index (χ3n) is 5.28. The maximum absolute atomic E-state index is 13.8. The number of halogens is 1. The second-order valence-corrected chi connectivity index (χ2v) is 7.63. The molecule has 0 bridgehead atoms. The average molecular weight is 384 g/mol. The molecule has 0 saturated carbocycles. The van der Waals surface area contributed by atoms with Crippen LogP contribution in [0, 0.1) is 18.7 Å². The molecule has 1 atom stereocenters. The number of hydrogen-bond acceptors (Lipinski definition) is 3. The number of aryl methyl sites for hydroxylation is 1. The van der Waals surface area contributed by atoms with Crippen molar-refractivity contribution in [3.63, 3.8) is 0 Å². The quantitative estimate of drug-likeness (QED) is 0.786. The molecule has 1 fully saturated rings. The predicted molar refractivity (Wildman–Crippen MR) is 109 cm³/mol. The zero-order valence-electron chi connectivity index (χ0n) is 16.7. The minimum absolute atomic E-state index is 0.0118. The Labute approximate surface area is 166 Å². The fraction of sp³-hybridized carbons (Fsp3) is 0.435. The van der Waals surface area contributed by atoms with Crippen molar-refractivity contribution in [1.82, 2.24) is 10.2 Å². The van der Waals surface area contributed by atoms with E-state index in [1.807, 2.05) is 50.2 Å². The van der Waals surface area contributed by atoms with Crippen LogP contribution in [0.15, 0.2) is 48.5 Å². The minimum atomic E-state index is -0.162. The van der Waals surface area contributed by atoms with Gasteiger partial charge in [0.1, 0.15) is 18.2 Å². The van der Waals surface area contributed by atoms with Crippen LogP contribution in [0.1, 0.15) is 30.9 Å². The average Bonchev–Trinajstić information content (AvgIpc) is 2.69. The van der Waals surface area contributed by atoms with E-state index in [0.29, 0.717) is 18.7 Å². The summed E-state index contributed by atoms with van der Waals surface area (Å²) in [5.74, 6) is 0.791. The van der Waals surface area contributed by atoms with Gasteiger partial charge in [-0.15, -0.1) is 0 Å². The van der Waals surface area contributed by atoms with Crippen LogP contribution in [-0.4, -0.2) is 36.5 Å². The Morgan fingerprint density at radius 3 is 2.57 bits per heavy atom. The number of para-hydroxylation sites is 1. The molecule has 3 rings (SSSR count). The van der Waals surface area contributed by atoms with Gasteiger partial charge in [0.05, 0.1) is 6.04 Å². The van der Waals surface area contributed by atoms with Crippen LogP contribution in [0.3, 0.4) is 0 Å². The molecule has 0 spiro atoms. The summed E-state index contributed by atoms with van der Waals surface area (Å²) < 4.78 is 19.6. The summed E-state index contributed by atoms with van der Waals surface area (Å²) in [5, 5.41) is 3.07. The number of likely N-dealkylation sites (tertiary alicyclic amines) is 1. The van der Waals surface area contributed by atoms with E-state index in [1.165, 1.54) is 6.07 Å². The predicted octanol–water partition coefficient (Wildman–Crippen LogP) is 3.93. The first-order valence-electron chi connectivity index (χ1n) is 9.97. The van der Waals surface area contributed by atoms with Crippen molar-refractivity contribution in [2.24, 2.45) is 5.92 Å². The number of ether oxygens (including phenoxy) is 1. The monoisotopic (exact) mass is 384 g/mol. The van der Waals surface area contributed by atoms with Crippen molar-refractivity contribution >= 4 is 5.91 Å². The lowest BCUT2D eigenvalue weighted by Gasteiger charge is -2.32. The zero-order valence-corrected chi connectivity index (χ0v) is 16.7. The Balaban J connectivity index is 1.41. The second-order valence-electron chi connectivity index (χ2n) is 7.63. The normalized spacial score (nSPS) is 16.5. The molecule has 2 aromatic carbocycles. The lowest BCUT2D eigenvalue weighted by atomic mass is 9.95. The molecule has 1 N–H and O–H groups in total. The summed E-state index contributed by atoms with van der Waals surface area (Å²) in [6.45, 7) is 6.63. The highest BCUT2D eigenvalue weighted by atomic mass is 19.1. The van der Waals surface area contributed by atoms with Gasteiger partial charge in [-0.2, -0.15) is 0 Å². The van der Waals surface area contributed by atoms with Gasteiger partial charge in [-0.3, -0.25) is 9.69 Å². The molecule has 2 aromatic rings. The highest BCUT2D eigenvalue weighted by Gasteiger charge is 2.26. The lowest BCUT2D eigenvalue weighted by molar-refractivity contribution is -0.127. The van der Waals surface area contributed by atoms with E-state index >= 15 is 0 Å². The van der Waals surface area contributed by atoms with Crippen molar-refractivity contribution < 1.29 is 13.9 Å². The number of piperidine rings is 1. The number of benzene rings is 2. The maximum atomic E-state index is 13.8. The SMILES string of the molecule is Cc1ccccc1OCC(C)NC(=O)C1CCN(Cc2ccccc2F)CC1. The number of carbonyl (C=O) groups is 1. The number of nitrogens with zero attached hydrogens (tertiary/aromatic N) is 1. The van der Waals surface area contributed by atoms with Gasteiger partial charge in [0.15, 0.2) is 0 Å². The fourth-order valence-corrected chi connectivity index (χ4v) is 3.56. The molecule has 1 aliphatic heterocycles. The van der Waals surface area contributed by atoms with Crippen molar-refractivity contribution in [3.05, 3.63) is 65.5 Å². The third-order valence-corrected chi connectivity index (χ3v) is 5.28. The molecular weight excluding hydrogens is 355 g/mol. The molecule has 4 nitrogen and oxygen atoms in total. The number of carbonyl (C=O) groups excluding carboxylic acids is 1. The van der Waals surface area contributed by atoms with Gasteiger partial charge in [-0.05, 0) is 57.5 Å². The summed E-state index contributed by atoms with van der Waals surface area (Å²) in [4.78, 5) is 14.8. The minimum Gasteiger partial charge on any atom is -0.491 e. The van der Waals surface area contributed by atoms with E-state index in [1.54, 1.807) is 6.07 Å². The Bertz CT molecular complexity index is 788. The van der Waals surface area contributed by atoms with Gasteiger partial charge >= 0.3 is 0 Å². The van der Waals surface area contributed by atoms with E-state index in [0.717, 1.165) is 37.2 Å². The molecular formula is C23H29FN2O2. The van der Waals surface area contributed by atoms with Crippen molar-refractivity contribution in [2.45, 2.75) is 39.3 Å². The highest BCUT2D eigenvalue weighted by molar-refractivity contribution is 5.79. The van der Waals surface area contributed by atoms with Gasteiger partial charge in [-0.25, -0.2) is 4.39 Å². The van der Waals surface area contributed by atoms with Gasteiger partial charge in [0, 0.05) is 18.0 Å². The van der Waals surface area contributed by atoms with Crippen LogP contribution in [0.5, 0.6) is 5.75 Å². The topological polar surface area (TPSA) is 41.6 Å². The van der Waals surface area contributed by atoms with Gasteiger partial charge in [-0.1, -0.05) is 36.4 Å². The Hall–Kier alpha value is -2.40. The molecule has 1 amide bonds. The molecule has 5 heteroatoms. The van der Waals surface area contributed by atoms with Crippen LogP contribution in [0.2, 0.25) is 0 Å². The zero-order chi connectivity index (χ0) is 19.9. The molecule has 150 valence electrons. The molecule has 1 aliphatic rings. The molecule has 0 aromatic heterocycles. The summed E-state index contributed by atoms with van der Waals surface area (Å²) in [5.41, 5.74) is 1.80. The van der Waals surface area contributed by atoms with Crippen LogP contribution in [0.25, 0.3) is 0 Å². The largest absolute Gasteiger partial charge is 0.491 e. The van der Waals surface area contributed by atoms with Gasteiger partial charge < -0.3 is 10.1 Å². The summed E-state index contributed by atoms with van der Waals surface area (Å²) in [6.07, 6.45) is 1.59. The molecule has 0 aliphatic carbocycles. The smallest absolute Gasteiger partial charge is 0.223 e. The molecule has 28 heavy (non-hydrogen) atoms. The molecule has 0 radical (unpaired) electrons. The fourth-order valence-electron chi connectivity index (χ4n) is 3.56. The summed E-state index contributed by atoms with van der Waals surface area (Å²) in [6, 6.07) is 14.7. The van der Waals surface area contributed by atoms with Crippen LogP contribution >= 0.6 is 0 Å². The first-order chi connectivity index (χ1) is 13.5. The number of amides is 1. The number of nitrogens with one attached hydrogen (secondary N) is 1. The van der Waals surface area contributed by atoms with Gasteiger partial charge in [0.2, 0.25) is 5.91 Å². The highest BCUT2D eigenvalue weighted by Crippen LogP contribution is 2.21. The molecule has 1 unspecified atom stereocenters.